The van der Waals surface area contributed by atoms with Crippen LogP contribution in [0, 0.1) is 0 Å². The van der Waals surface area contributed by atoms with Crippen molar-refractivity contribution in [2.24, 2.45) is 0 Å². The highest BCUT2D eigenvalue weighted by atomic mass is 35.5. The smallest absolute Gasteiger partial charge is 0.254 e. The van der Waals surface area contributed by atoms with E-state index in [0.717, 1.165) is 24.8 Å². The predicted octanol–water partition coefficient (Wildman–Crippen LogP) is 5.42. The van der Waals surface area contributed by atoms with Crippen LogP contribution in [-0.4, -0.2) is 34.6 Å². The largest absolute Gasteiger partial charge is 0.497 e. The van der Waals surface area contributed by atoms with Crippen molar-refractivity contribution in [3.8, 4) is 17.1 Å². The predicted molar refractivity (Wildman–Crippen MR) is 110 cm³/mol. The van der Waals surface area contributed by atoms with Crippen LogP contribution in [0.3, 0.4) is 0 Å². The minimum atomic E-state index is -0.291. The van der Waals surface area contributed by atoms with Crippen LogP contribution in [0.25, 0.3) is 11.4 Å². The Morgan fingerprint density at radius 1 is 1.17 bits per heavy atom. The monoisotopic (exact) mass is 431 g/mol. The van der Waals surface area contributed by atoms with Crippen LogP contribution >= 0.6 is 23.2 Å². The summed E-state index contributed by atoms with van der Waals surface area (Å²) in [6.07, 6.45) is 2.63. The fraction of sp³-hybridized carbons (Fsp3) is 0.286. The lowest BCUT2D eigenvalue weighted by atomic mass is 10.0. The number of benzene rings is 2. The van der Waals surface area contributed by atoms with Gasteiger partial charge in [0.1, 0.15) is 11.8 Å². The lowest BCUT2D eigenvalue weighted by Gasteiger charge is -2.33. The fourth-order valence-electron chi connectivity index (χ4n) is 3.52. The zero-order chi connectivity index (χ0) is 20.4. The Morgan fingerprint density at radius 2 is 1.97 bits per heavy atom. The van der Waals surface area contributed by atoms with Crippen molar-refractivity contribution in [3.63, 3.8) is 0 Å². The van der Waals surface area contributed by atoms with Crippen LogP contribution in [0.5, 0.6) is 5.75 Å². The van der Waals surface area contributed by atoms with Gasteiger partial charge in [-0.05, 0) is 49.6 Å². The maximum atomic E-state index is 13.2. The van der Waals surface area contributed by atoms with E-state index < -0.39 is 0 Å². The molecule has 1 aliphatic heterocycles. The summed E-state index contributed by atoms with van der Waals surface area (Å²) in [7, 11) is 1.61. The molecule has 4 rings (SSSR count). The molecule has 2 aromatic carbocycles. The molecule has 0 saturated carbocycles. The number of methoxy groups -OCH3 is 1. The Kier molecular flexibility index (Phi) is 5.74. The number of hydrogen-bond acceptors (Lipinski definition) is 5. The van der Waals surface area contributed by atoms with Gasteiger partial charge in [0.05, 0.1) is 7.11 Å². The average molecular weight is 432 g/mol. The number of aromatic nitrogens is 2. The molecule has 0 spiro atoms. The van der Waals surface area contributed by atoms with Gasteiger partial charge in [0.25, 0.3) is 5.91 Å². The Balaban J connectivity index is 1.62. The number of likely N-dealkylation sites (tertiary alicyclic amines) is 1. The van der Waals surface area contributed by atoms with Crippen molar-refractivity contribution in [1.29, 1.82) is 0 Å². The van der Waals surface area contributed by atoms with Crippen molar-refractivity contribution < 1.29 is 14.1 Å². The lowest BCUT2D eigenvalue weighted by molar-refractivity contribution is 0.0561. The molecule has 1 saturated heterocycles. The first kappa shape index (κ1) is 19.7. The van der Waals surface area contributed by atoms with Gasteiger partial charge in [0, 0.05) is 27.7 Å². The van der Waals surface area contributed by atoms with Gasteiger partial charge in [-0.25, -0.2) is 0 Å². The van der Waals surface area contributed by atoms with Gasteiger partial charge >= 0.3 is 0 Å². The molecule has 1 unspecified atom stereocenters. The summed E-state index contributed by atoms with van der Waals surface area (Å²) in [6, 6.07) is 12.0. The number of ether oxygens (including phenoxy) is 1. The number of carbonyl (C=O) groups excluding carboxylic acids is 1. The number of halogens is 2. The molecule has 1 fully saturated rings. The van der Waals surface area contributed by atoms with Crippen molar-refractivity contribution >= 4 is 29.1 Å². The molecule has 3 aromatic rings. The van der Waals surface area contributed by atoms with Gasteiger partial charge in [-0.3, -0.25) is 4.79 Å². The highest BCUT2D eigenvalue weighted by Gasteiger charge is 2.33. The molecule has 29 heavy (non-hydrogen) atoms. The van der Waals surface area contributed by atoms with E-state index in [9.17, 15) is 4.79 Å². The van der Waals surface area contributed by atoms with E-state index in [0.29, 0.717) is 39.6 Å². The second kappa shape index (κ2) is 8.43. The van der Waals surface area contributed by atoms with Gasteiger partial charge in [0.15, 0.2) is 0 Å². The Bertz CT molecular complexity index is 1020. The van der Waals surface area contributed by atoms with Crippen molar-refractivity contribution in [3.05, 3.63) is 64.0 Å². The molecule has 1 aromatic heterocycles. The molecule has 6 nitrogen and oxygen atoms in total. The first-order valence-electron chi connectivity index (χ1n) is 9.30. The highest BCUT2D eigenvalue weighted by molar-refractivity contribution is 6.35. The van der Waals surface area contributed by atoms with E-state index in [1.165, 1.54) is 0 Å². The second-order valence-electron chi connectivity index (χ2n) is 6.86. The van der Waals surface area contributed by atoms with Gasteiger partial charge in [-0.1, -0.05) is 40.5 Å². The minimum absolute atomic E-state index is 0.153. The first-order valence-corrected chi connectivity index (χ1v) is 10.1. The molecule has 1 amide bonds. The summed E-state index contributed by atoms with van der Waals surface area (Å²) in [6.45, 7) is 0.602. The average Bonchev–Trinajstić information content (AvgIpc) is 3.23. The Morgan fingerprint density at radius 3 is 2.72 bits per heavy atom. The van der Waals surface area contributed by atoms with E-state index in [1.807, 2.05) is 24.3 Å². The van der Waals surface area contributed by atoms with Crippen LogP contribution in [0.15, 0.2) is 47.0 Å². The fourth-order valence-corrected chi connectivity index (χ4v) is 4.05. The lowest BCUT2D eigenvalue weighted by Crippen LogP contribution is -2.38. The van der Waals surface area contributed by atoms with Crippen LogP contribution in [0.4, 0.5) is 0 Å². The molecule has 2 heterocycles. The molecule has 0 N–H and O–H groups in total. The van der Waals surface area contributed by atoms with Gasteiger partial charge in [0.2, 0.25) is 11.7 Å². The zero-order valence-electron chi connectivity index (χ0n) is 15.8. The van der Waals surface area contributed by atoms with Crippen molar-refractivity contribution in [2.75, 3.05) is 13.7 Å². The summed E-state index contributed by atoms with van der Waals surface area (Å²) < 4.78 is 10.8. The number of nitrogens with zero attached hydrogens (tertiary/aromatic N) is 3. The van der Waals surface area contributed by atoms with E-state index in [-0.39, 0.29) is 11.9 Å². The van der Waals surface area contributed by atoms with Gasteiger partial charge in [-0.15, -0.1) is 0 Å². The van der Waals surface area contributed by atoms with Gasteiger partial charge < -0.3 is 14.2 Å². The maximum Gasteiger partial charge on any atom is 0.254 e. The molecule has 1 aliphatic rings. The van der Waals surface area contributed by atoms with Crippen molar-refractivity contribution in [2.45, 2.75) is 25.3 Å². The van der Waals surface area contributed by atoms with E-state index in [4.69, 9.17) is 32.5 Å². The molecule has 1 atom stereocenters. The number of rotatable bonds is 4. The third kappa shape index (κ3) is 4.23. The summed E-state index contributed by atoms with van der Waals surface area (Å²) in [5.74, 6) is 1.44. The second-order valence-corrected chi connectivity index (χ2v) is 7.73. The number of hydrogen-bond donors (Lipinski definition) is 0. The topological polar surface area (TPSA) is 68.5 Å². The van der Waals surface area contributed by atoms with E-state index >= 15 is 0 Å². The standard InChI is InChI=1S/C21H19Cl2N3O3/c1-28-17-6-4-5-13(11-17)19-24-20(29-25-19)18-7-2-3-8-26(18)21(27)14-9-15(22)12-16(23)10-14/h4-6,9-12,18H,2-3,7-8H2,1H3. The van der Waals surface area contributed by atoms with Crippen LogP contribution in [-0.2, 0) is 0 Å². The minimum Gasteiger partial charge on any atom is -0.497 e. The molecule has 0 aliphatic carbocycles. The number of amides is 1. The molecular weight excluding hydrogens is 413 g/mol. The quantitative estimate of drug-likeness (QED) is 0.551. The molecule has 8 heteroatoms. The van der Waals surface area contributed by atoms with Crippen molar-refractivity contribution in [1.82, 2.24) is 15.0 Å². The Labute approximate surface area is 178 Å². The maximum absolute atomic E-state index is 13.2. The van der Waals surface area contributed by atoms with E-state index in [1.54, 1.807) is 30.2 Å². The zero-order valence-corrected chi connectivity index (χ0v) is 17.3. The SMILES string of the molecule is COc1cccc(-c2noc(C3CCCCN3C(=O)c3cc(Cl)cc(Cl)c3)n2)c1. The van der Waals surface area contributed by atoms with Crippen LogP contribution in [0.1, 0.15) is 41.6 Å². The summed E-state index contributed by atoms with van der Waals surface area (Å²) in [4.78, 5) is 19.5. The van der Waals surface area contributed by atoms with Crippen LogP contribution < -0.4 is 4.74 Å². The third-order valence-corrected chi connectivity index (χ3v) is 5.36. The van der Waals surface area contributed by atoms with Gasteiger partial charge in [-0.2, -0.15) is 4.98 Å². The molecule has 0 bridgehead atoms. The molecular formula is C21H19Cl2N3O3. The highest BCUT2D eigenvalue weighted by Crippen LogP contribution is 2.33. The number of carbonyl (C=O) groups is 1. The molecule has 0 radical (unpaired) electrons. The molecule has 150 valence electrons. The summed E-state index contributed by atoms with van der Waals surface area (Å²) in [5, 5.41) is 4.96. The number of piperidine rings is 1. The Hall–Kier alpha value is -2.57. The first-order chi connectivity index (χ1) is 14.0. The van der Waals surface area contributed by atoms with E-state index in [2.05, 4.69) is 10.1 Å². The summed E-state index contributed by atoms with van der Waals surface area (Å²) in [5.41, 5.74) is 1.23. The third-order valence-electron chi connectivity index (χ3n) is 4.93. The van der Waals surface area contributed by atoms with Crippen LogP contribution in [0.2, 0.25) is 10.0 Å². The normalized spacial score (nSPS) is 16.7. The summed E-state index contributed by atoms with van der Waals surface area (Å²) >= 11 is 12.2.